The molecule has 0 bridgehead atoms. The molecular formula is C24H31N3. The second kappa shape index (κ2) is 8.08. The van der Waals surface area contributed by atoms with Gasteiger partial charge in [0.25, 0.3) is 0 Å². The van der Waals surface area contributed by atoms with E-state index in [0.717, 1.165) is 48.5 Å². The number of benzene rings is 2. The molecule has 3 nitrogen and oxygen atoms in total. The molecule has 0 aliphatic carbocycles. The van der Waals surface area contributed by atoms with Crippen molar-refractivity contribution in [3.63, 3.8) is 0 Å². The van der Waals surface area contributed by atoms with Gasteiger partial charge in [0, 0.05) is 24.0 Å². The summed E-state index contributed by atoms with van der Waals surface area (Å²) in [5.41, 5.74) is 7.48. The number of anilines is 1. The van der Waals surface area contributed by atoms with Gasteiger partial charge in [-0.1, -0.05) is 43.7 Å². The normalized spacial score (nSPS) is 11.2. The minimum atomic E-state index is 0.838. The first-order chi connectivity index (χ1) is 13.0. The Morgan fingerprint density at radius 1 is 0.852 bits per heavy atom. The highest BCUT2D eigenvalue weighted by Gasteiger charge is 2.17. The molecule has 2 aromatic carbocycles. The van der Waals surface area contributed by atoms with Crippen molar-refractivity contribution in [2.24, 2.45) is 0 Å². The summed E-state index contributed by atoms with van der Waals surface area (Å²) in [5, 5.41) is 1.15. The molecule has 142 valence electrons. The van der Waals surface area contributed by atoms with Gasteiger partial charge in [0.05, 0.1) is 5.52 Å². The van der Waals surface area contributed by atoms with Crippen molar-refractivity contribution in [2.45, 2.75) is 54.4 Å². The van der Waals surface area contributed by atoms with Crippen LogP contribution in [0.2, 0.25) is 0 Å². The highest BCUT2D eigenvalue weighted by Crippen LogP contribution is 2.35. The molecule has 27 heavy (non-hydrogen) atoms. The van der Waals surface area contributed by atoms with Crippen molar-refractivity contribution in [2.75, 3.05) is 18.0 Å². The van der Waals surface area contributed by atoms with Gasteiger partial charge in [0.15, 0.2) is 0 Å². The molecular weight excluding hydrogens is 330 g/mol. The Labute approximate surface area is 163 Å². The van der Waals surface area contributed by atoms with Crippen LogP contribution in [0.15, 0.2) is 30.3 Å². The number of nitrogens with zero attached hydrogens (tertiary/aromatic N) is 3. The van der Waals surface area contributed by atoms with Gasteiger partial charge in [0.2, 0.25) is 0 Å². The minimum absolute atomic E-state index is 0.838. The van der Waals surface area contributed by atoms with Crippen molar-refractivity contribution in [1.29, 1.82) is 0 Å². The Bertz CT molecular complexity index is 930. The van der Waals surface area contributed by atoms with E-state index in [1.807, 2.05) is 6.92 Å². The summed E-state index contributed by atoms with van der Waals surface area (Å²) in [7, 11) is 0. The molecule has 0 radical (unpaired) electrons. The average molecular weight is 362 g/mol. The lowest BCUT2D eigenvalue weighted by molar-refractivity contribution is 0.734. The quantitative estimate of drug-likeness (QED) is 0.527. The zero-order valence-electron chi connectivity index (χ0n) is 17.6. The second-order valence-corrected chi connectivity index (χ2v) is 7.56. The van der Waals surface area contributed by atoms with E-state index < -0.39 is 0 Å². The maximum Gasteiger partial charge on any atom is 0.140 e. The summed E-state index contributed by atoms with van der Waals surface area (Å²) in [5.74, 6) is 1.91. The number of rotatable bonds is 6. The van der Waals surface area contributed by atoms with Crippen LogP contribution in [0.25, 0.3) is 22.0 Å². The van der Waals surface area contributed by atoms with Crippen LogP contribution < -0.4 is 4.90 Å². The van der Waals surface area contributed by atoms with Crippen LogP contribution in [-0.4, -0.2) is 23.1 Å². The number of aryl methyl sites for hydroxylation is 4. The van der Waals surface area contributed by atoms with Crippen molar-refractivity contribution in [3.05, 3.63) is 52.8 Å². The van der Waals surface area contributed by atoms with Crippen LogP contribution in [0.3, 0.4) is 0 Å². The summed E-state index contributed by atoms with van der Waals surface area (Å²) in [6.07, 6.45) is 2.22. The molecule has 0 saturated carbocycles. The van der Waals surface area contributed by atoms with Crippen molar-refractivity contribution in [1.82, 2.24) is 9.97 Å². The summed E-state index contributed by atoms with van der Waals surface area (Å²) >= 11 is 0. The Kier molecular flexibility index (Phi) is 5.79. The number of hydrogen-bond donors (Lipinski definition) is 0. The SMILES string of the molecule is CCCN(CCC)c1nc(C)nc2c(-c3c(C)cc(C)cc3C)cccc12. The number of hydrogen-bond acceptors (Lipinski definition) is 3. The summed E-state index contributed by atoms with van der Waals surface area (Å²) in [4.78, 5) is 12.1. The molecule has 0 amide bonds. The molecule has 0 unspecified atom stereocenters. The van der Waals surface area contributed by atoms with Crippen molar-refractivity contribution in [3.8, 4) is 11.1 Å². The van der Waals surface area contributed by atoms with Gasteiger partial charge in [-0.15, -0.1) is 0 Å². The first kappa shape index (κ1) is 19.3. The first-order valence-electron chi connectivity index (χ1n) is 10.1. The molecule has 0 saturated heterocycles. The molecule has 0 atom stereocenters. The van der Waals surface area contributed by atoms with E-state index in [0.29, 0.717) is 0 Å². The number of aromatic nitrogens is 2. The Hall–Kier alpha value is -2.42. The Morgan fingerprint density at radius 2 is 1.48 bits per heavy atom. The molecule has 3 aromatic rings. The Morgan fingerprint density at radius 3 is 2.07 bits per heavy atom. The van der Waals surface area contributed by atoms with Gasteiger partial charge < -0.3 is 4.90 Å². The maximum atomic E-state index is 4.88. The van der Waals surface area contributed by atoms with Crippen LogP contribution in [0.5, 0.6) is 0 Å². The van der Waals surface area contributed by atoms with E-state index in [1.54, 1.807) is 0 Å². The van der Waals surface area contributed by atoms with Gasteiger partial charge in [-0.2, -0.15) is 0 Å². The van der Waals surface area contributed by atoms with E-state index in [4.69, 9.17) is 9.97 Å². The molecule has 0 N–H and O–H groups in total. The lowest BCUT2D eigenvalue weighted by atomic mass is 9.92. The monoisotopic (exact) mass is 361 g/mol. The molecule has 3 rings (SSSR count). The lowest BCUT2D eigenvalue weighted by Gasteiger charge is -2.25. The Balaban J connectivity index is 2.29. The van der Waals surface area contributed by atoms with Gasteiger partial charge in [-0.25, -0.2) is 9.97 Å². The van der Waals surface area contributed by atoms with E-state index >= 15 is 0 Å². The fourth-order valence-electron chi connectivity index (χ4n) is 4.16. The third-order valence-corrected chi connectivity index (χ3v) is 5.05. The summed E-state index contributed by atoms with van der Waals surface area (Å²) in [6.45, 7) is 15.0. The number of para-hydroxylation sites is 1. The molecule has 0 spiro atoms. The van der Waals surface area contributed by atoms with Crippen molar-refractivity contribution < 1.29 is 0 Å². The molecule has 0 aliphatic rings. The summed E-state index contributed by atoms with van der Waals surface area (Å²) in [6, 6.07) is 11.0. The highest BCUT2D eigenvalue weighted by molar-refractivity contribution is 6.00. The smallest absolute Gasteiger partial charge is 0.140 e. The standard InChI is InChI=1S/C24H31N3/c1-7-12-27(13-8-2)24-21-11-9-10-20(23(21)25-19(6)26-24)22-17(4)14-16(3)15-18(22)5/h9-11,14-15H,7-8,12-13H2,1-6H3. The van der Waals surface area contributed by atoms with Crippen molar-refractivity contribution >= 4 is 16.7 Å². The fraction of sp³-hybridized carbons (Fsp3) is 0.417. The predicted molar refractivity (Wildman–Crippen MR) is 117 cm³/mol. The maximum absolute atomic E-state index is 4.88. The number of fused-ring (bicyclic) bond motifs is 1. The fourth-order valence-corrected chi connectivity index (χ4v) is 4.16. The zero-order chi connectivity index (χ0) is 19.6. The van der Waals surface area contributed by atoms with Gasteiger partial charge in [0.1, 0.15) is 11.6 Å². The largest absolute Gasteiger partial charge is 0.356 e. The summed E-state index contributed by atoms with van der Waals surface area (Å²) < 4.78 is 0. The third kappa shape index (κ3) is 3.83. The van der Waals surface area contributed by atoms with Crippen LogP contribution >= 0.6 is 0 Å². The third-order valence-electron chi connectivity index (χ3n) is 5.05. The van der Waals surface area contributed by atoms with Crippen LogP contribution in [-0.2, 0) is 0 Å². The van der Waals surface area contributed by atoms with Crippen LogP contribution in [0.4, 0.5) is 5.82 Å². The molecule has 0 fully saturated rings. The highest BCUT2D eigenvalue weighted by atomic mass is 15.2. The average Bonchev–Trinajstić information content (AvgIpc) is 2.60. The van der Waals surface area contributed by atoms with Gasteiger partial charge in [-0.3, -0.25) is 0 Å². The van der Waals surface area contributed by atoms with Gasteiger partial charge >= 0.3 is 0 Å². The topological polar surface area (TPSA) is 29.0 Å². The minimum Gasteiger partial charge on any atom is -0.356 e. The van der Waals surface area contributed by atoms with E-state index in [1.165, 1.54) is 27.8 Å². The van der Waals surface area contributed by atoms with E-state index in [2.05, 4.69) is 69.9 Å². The van der Waals surface area contributed by atoms with Crippen LogP contribution in [0, 0.1) is 27.7 Å². The van der Waals surface area contributed by atoms with E-state index in [-0.39, 0.29) is 0 Å². The second-order valence-electron chi connectivity index (χ2n) is 7.56. The molecule has 0 aliphatic heterocycles. The molecule has 1 heterocycles. The van der Waals surface area contributed by atoms with E-state index in [9.17, 15) is 0 Å². The van der Waals surface area contributed by atoms with Crippen LogP contribution in [0.1, 0.15) is 49.2 Å². The zero-order valence-corrected chi connectivity index (χ0v) is 17.6. The molecule has 1 aromatic heterocycles. The molecule has 3 heteroatoms. The lowest BCUT2D eigenvalue weighted by Crippen LogP contribution is -2.26. The van der Waals surface area contributed by atoms with Gasteiger partial charge in [-0.05, 0) is 63.3 Å². The predicted octanol–water partition coefficient (Wildman–Crippen LogP) is 6.16. The first-order valence-corrected chi connectivity index (χ1v) is 10.1.